The third-order valence-electron chi connectivity index (χ3n) is 4.57. The summed E-state index contributed by atoms with van der Waals surface area (Å²) in [6.45, 7) is 3.52. The zero-order chi connectivity index (χ0) is 14.9. The van der Waals surface area contributed by atoms with E-state index >= 15 is 0 Å². The van der Waals surface area contributed by atoms with Crippen molar-refractivity contribution >= 4 is 5.97 Å². The molecule has 1 aliphatic rings. The van der Waals surface area contributed by atoms with Crippen LogP contribution in [-0.4, -0.2) is 41.7 Å². The molecule has 0 saturated carbocycles. The monoisotopic (exact) mass is 277 g/mol. The number of hydrogen-bond acceptors (Lipinski definition) is 3. The van der Waals surface area contributed by atoms with Crippen molar-refractivity contribution in [3.8, 4) is 5.75 Å². The smallest absolute Gasteiger partial charge is 0.323 e. The summed E-state index contributed by atoms with van der Waals surface area (Å²) in [6.07, 6.45) is 2.86. The number of carboxylic acid groups (broad SMARTS) is 1. The van der Waals surface area contributed by atoms with Gasteiger partial charge in [-0.1, -0.05) is 6.07 Å². The maximum atomic E-state index is 11.4. The van der Waals surface area contributed by atoms with Crippen molar-refractivity contribution in [2.45, 2.75) is 44.7 Å². The van der Waals surface area contributed by atoms with Gasteiger partial charge in [0, 0.05) is 6.04 Å². The average molecular weight is 277 g/mol. The molecule has 0 aromatic heterocycles. The molecule has 0 radical (unpaired) electrons. The first-order valence-corrected chi connectivity index (χ1v) is 6.98. The van der Waals surface area contributed by atoms with E-state index in [0.717, 1.165) is 25.0 Å². The molecule has 1 atom stereocenters. The minimum absolute atomic E-state index is 0.251. The molecule has 2 rings (SSSR count). The Labute approximate surface area is 120 Å². The van der Waals surface area contributed by atoms with Gasteiger partial charge in [-0.15, -0.1) is 0 Å². The summed E-state index contributed by atoms with van der Waals surface area (Å²) in [5, 5.41) is 9.36. The van der Waals surface area contributed by atoms with Crippen LogP contribution in [0.15, 0.2) is 18.2 Å². The molecular weight excluding hydrogens is 254 g/mol. The Bertz CT molecular complexity index is 510. The maximum absolute atomic E-state index is 11.4. The lowest BCUT2D eigenvalue weighted by Crippen LogP contribution is -2.54. The predicted molar refractivity (Wildman–Crippen MR) is 78.3 cm³/mol. The number of fused-ring (bicyclic) bond motifs is 1. The fourth-order valence-corrected chi connectivity index (χ4v) is 2.78. The Morgan fingerprint density at radius 2 is 2.10 bits per heavy atom. The second kappa shape index (κ2) is 5.44. The Morgan fingerprint density at radius 1 is 1.40 bits per heavy atom. The lowest BCUT2D eigenvalue weighted by Gasteiger charge is -2.40. The van der Waals surface area contributed by atoms with E-state index in [1.807, 2.05) is 18.0 Å². The van der Waals surface area contributed by atoms with E-state index in [4.69, 9.17) is 4.74 Å². The van der Waals surface area contributed by atoms with Crippen LogP contribution < -0.4 is 4.74 Å². The normalized spacial score (nSPS) is 18.8. The van der Waals surface area contributed by atoms with E-state index < -0.39 is 11.5 Å². The quantitative estimate of drug-likeness (QED) is 0.918. The van der Waals surface area contributed by atoms with E-state index in [-0.39, 0.29) is 6.04 Å². The average Bonchev–Trinajstić information content (AvgIpc) is 2.44. The number of rotatable bonds is 4. The highest BCUT2D eigenvalue weighted by molar-refractivity contribution is 5.77. The van der Waals surface area contributed by atoms with Crippen LogP contribution in [0.1, 0.15) is 31.4 Å². The Morgan fingerprint density at radius 3 is 2.70 bits per heavy atom. The van der Waals surface area contributed by atoms with Gasteiger partial charge in [0.25, 0.3) is 0 Å². The minimum Gasteiger partial charge on any atom is -0.497 e. The number of nitrogens with zero attached hydrogens (tertiary/aromatic N) is 1. The van der Waals surface area contributed by atoms with Crippen molar-refractivity contribution in [1.29, 1.82) is 0 Å². The van der Waals surface area contributed by atoms with E-state index in [9.17, 15) is 9.90 Å². The molecule has 4 nitrogen and oxygen atoms in total. The molecule has 0 saturated heterocycles. The summed E-state index contributed by atoms with van der Waals surface area (Å²) in [5.74, 6) is 0.0842. The van der Waals surface area contributed by atoms with Gasteiger partial charge in [-0.3, -0.25) is 9.69 Å². The number of carbonyl (C=O) groups is 1. The standard InChI is InChI=1S/C16H23NO3/c1-16(2,15(18)19)17(3)13-7-5-11-6-8-14(20-4)10-12(11)9-13/h6,8,10,13H,5,7,9H2,1-4H3,(H,18,19). The molecule has 4 heteroatoms. The Balaban J connectivity index is 2.20. The number of hydrogen-bond donors (Lipinski definition) is 1. The predicted octanol–water partition coefficient (Wildman–Crippen LogP) is 2.35. The van der Waals surface area contributed by atoms with Crippen LogP contribution in [0, 0.1) is 0 Å². The van der Waals surface area contributed by atoms with Crippen LogP contribution in [0.25, 0.3) is 0 Å². The van der Waals surface area contributed by atoms with Gasteiger partial charge < -0.3 is 9.84 Å². The highest BCUT2D eigenvalue weighted by Gasteiger charge is 2.37. The number of carboxylic acids is 1. The molecule has 1 unspecified atom stereocenters. The number of likely N-dealkylation sites (N-methyl/N-ethyl adjacent to an activating group) is 1. The molecule has 1 aromatic carbocycles. The van der Waals surface area contributed by atoms with Gasteiger partial charge in [0.1, 0.15) is 11.3 Å². The topological polar surface area (TPSA) is 49.8 Å². The SMILES string of the molecule is COc1ccc2c(c1)CC(N(C)C(C)(C)C(=O)O)CC2. The first kappa shape index (κ1) is 14.9. The van der Waals surface area contributed by atoms with Crippen LogP contribution in [0.2, 0.25) is 0 Å². The Hall–Kier alpha value is -1.55. The molecule has 0 bridgehead atoms. The number of aliphatic carboxylic acids is 1. The van der Waals surface area contributed by atoms with Crippen LogP contribution >= 0.6 is 0 Å². The summed E-state index contributed by atoms with van der Waals surface area (Å²) >= 11 is 0. The summed E-state index contributed by atoms with van der Waals surface area (Å²) in [6, 6.07) is 6.43. The van der Waals surface area contributed by atoms with Gasteiger partial charge in [0.05, 0.1) is 7.11 Å². The molecule has 1 aliphatic carbocycles. The molecule has 20 heavy (non-hydrogen) atoms. The van der Waals surface area contributed by atoms with Gasteiger partial charge in [-0.2, -0.15) is 0 Å². The largest absolute Gasteiger partial charge is 0.497 e. The summed E-state index contributed by atoms with van der Waals surface area (Å²) < 4.78 is 5.27. The maximum Gasteiger partial charge on any atom is 0.323 e. The van der Waals surface area contributed by atoms with Crippen molar-refractivity contribution < 1.29 is 14.6 Å². The lowest BCUT2D eigenvalue weighted by molar-refractivity contribution is -0.150. The number of benzene rings is 1. The highest BCUT2D eigenvalue weighted by Crippen LogP contribution is 2.30. The fourth-order valence-electron chi connectivity index (χ4n) is 2.78. The van der Waals surface area contributed by atoms with Crippen molar-refractivity contribution in [3.05, 3.63) is 29.3 Å². The van der Waals surface area contributed by atoms with Crippen LogP contribution in [0.3, 0.4) is 0 Å². The summed E-state index contributed by atoms with van der Waals surface area (Å²) in [4.78, 5) is 13.4. The van der Waals surface area contributed by atoms with Crippen LogP contribution in [0.4, 0.5) is 0 Å². The summed E-state index contributed by atoms with van der Waals surface area (Å²) in [7, 11) is 3.58. The first-order valence-electron chi connectivity index (χ1n) is 6.98. The van der Waals surface area contributed by atoms with Crippen molar-refractivity contribution in [1.82, 2.24) is 4.90 Å². The van der Waals surface area contributed by atoms with Gasteiger partial charge >= 0.3 is 5.97 Å². The molecule has 1 aromatic rings. The van der Waals surface area contributed by atoms with Crippen molar-refractivity contribution in [3.63, 3.8) is 0 Å². The molecule has 0 heterocycles. The van der Waals surface area contributed by atoms with E-state index in [1.165, 1.54) is 11.1 Å². The van der Waals surface area contributed by atoms with Gasteiger partial charge in [0.2, 0.25) is 0 Å². The zero-order valence-corrected chi connectivity index (χ0v) is 12.6. The second-order valence-electron chi connectivity index (χ2n) is 6.01. The minimum atomic E-state index is -0.846. The van der Waals surface area contributed by atoms with E-state index in [1.54, 1.807) is 21.0 Å². The molecular formula is C16H23NO3. The van der Waals surface area contributed by atoms with Crippen molar-refractivity contribution in [2.24, 2.45) is 0 Å². The van der Waals surface area contributed by atoms with Gasteiger partial charge in [-0.25, -0.2) is 0 Å². The molecule has 0 aliphatic heterocycles. The van der Waals surface area contributed by atoms with Crippen LogP contribution in [0.5, 0.6) is 5.75 Å². The third-order valence-corrected chi connectivity index (χ3v) is 4.57. The van der Waals surface area contributed by atoms with Gasteiger partial charge in [0.15, 0.2) is 0 Å². The van der Waals surface area contributed by atoms with Crippen molar-refractivity contribution in [2.75, 3.05) is 14.2 Å². The zero-order valence-electron chi connectivity index (χ0n) is 12.6. The molecule has 110 valence electrons. The number of methoxy groups -OCH3 is 1. The third kappa shape index (κ3) is 2.66. The molecule has 0 fully saturated rings. The van der Waals surface area contributed by atoms with E-state index in [2.05, 4.69) is 12.1 Å². The van der Waals surface area contributed by atoms with Crippen LogP contribution in [-0.2, 0) is 17.6 Å². The lowest BCUT2D eigenvalue weighted by atomic mass is 9.85. The summed E-state index contributed by atoms with van der Waals surface area (Å²) in [5.41, 5.74) is 1.78. The first-order chi connectivity index (χ1) is 9.36. The number of aryl methyl sites for hydroxylation is 1. The molecule has 0 amide bonds. The van der Waals surface area contributed by atoms with E-state index in [0.29, 0.717) is 0 Å². The fraction of sp³-hybridized carbons (Fsp3) is 0.562. The Kier molecular flexibility index (Phi) is 4.04. The molecule has 1 N–H and O–H groups in total. The highest BCUT2D eigenvalue weighted by atomic mass is 16.5. The molecule has 0 spiro atoms. The van der Waals surface area contributed by atoms with Gasteiger partial charge in [-0.05, 0) is 63.4 Å². The second-order valence-corrected chi connectivity index (χ2v) is 6.01. The number of ether oxygens (including phenoxy) is 1.